The highest BCUT2D eigenvalue weighted by Gasteiger charge is 2.40. The fourth-order valence-electron chi connectivity index (χ4n) is 4.87. The van der Waals surface area contributed by atoms with Crippen LogP contribution in [0.3, 0.4) is 0 Å². The van der Waals surface area contributed by atoms with Crippen LogP contribution in [0.25, 0.3) is 5.69 Å². The molecule has 5 rings (SSSR count). The molecule has 0 radical (unpaired) electrons. The fraction of sp³-hybridized carbons (Fsp3) is 0.524. The van der Waals surface area contributed by atoms with Crippen molar-refractivity contribution in [3.63, 3.8) is 0 Å². The zero-order valence-corrected chi connectivity index (χ0v) is 16.6. The Morgan fingerprint density at radius 2 is 1.85 bits per heavy atom. The van der Waals surface area contributed by atoms with E-state index in [1.807, 2.05) is 9.58 Å². The van der Waals surface area contributed by atoms with Gasteiger partial charge in [0.05, 0.1) is 5.69 Å². The van der Waals surface area contributed by atoms with Gasteiger partial charge < -0.3 is 10.2 Å². The quantitative estimate of drug-likeness (QED) is 0.882. The monoisotopic (exact) mass is 386 g/mol. The van der Waals surface area contributed by atoms with Crippen LogP contribution in [0, 0.1) is 11.8 Å². The maximum Gasteiger partial charge on any atom is 0.274 e. The van der Waals surface area contributed by atoms with E-state index in [1.165, 1.54) is 16.8 Å². The maximum atomic E-state index is 13.2. The summed E-state index contributed by atoms with van der Waals surface area (Å²) >= 11 is 0. The number of rotatable bonds is 3. The van der Waals surface area contributed by atoms with Gasteiger partial charge in [0, 0.05) is 37.4 Å². The van der Waals surface area contributed by atoms with Crippen molar-refractivity contribution in [3.8, 4) is 5.69 Å². The first-order valence-corrected chi connectivity index (χ1v) is 9.94. The van der Waals surface area contributed by atoms with E-state index in [0.717, 1.165) is 57.5 Å². The number of benzene rings is 1. The lowest BCUT2D eigenvalue weighted by atomic mass is 10.0. The minimum atomic E-state index is 0. The summed E-state index contributed by atoms with van der Waals surface area (Å²) < 4.78 is 2.02. The Labute approximate surface area is 166 Å². The molecule has 2 aliphatic heterocycles. The highest BCUT2D eigenvalue weighted by molar-refractivity contribution is 5.94. The van der Waals surface area contributed by atoms with Crippen LogP contribution in [0.1, 0.15) is 40.7 Å². The van der Waals surface area contributed by atoms with Crippen LogP contribution < -0.4 is 5.32 Å². The molecule has 2 atom stereocenters. The zero-order valence-electron chi connectivity index (χ0n) is 15.8. The summed E-state index contributed by atoms with van der Waals surface area (Å²) in [5.41, 5.74) is 5.52. The molecule has 6 heteroatoms. The van der Waals surface area contributed by atoms with Gasteiger partial charge in [-0.3, -0.25) is 4.79 Å². The largest absolute Gasteiger partial charge is 0.337 e. The highest BCUT2D eigenvalue weighted by atomic mass is 35.5. The Morgan fingerprint density at radius 1 is 1.15 bits per heavy atom. The number of nitrogens with zero attached hydrogens (tertiary/aromatic N) is 3. The first-order valence-electron chi connectivity index (χ1n) is 9.94. The van der Waals surface area contributed by atoms with Gasteiger partial charge in [-0.2, -0.15) is 5.10 Å². The smallest absolute Gasteiger partial charge is 0.274 e. The van der Waals surface area contributed by atoms with Crippen molar-refractivity contribution in [1.82, 2.24) is 20.0 Å². The molecular formula is C21H27ClN4O. The van der Waals surface area contributed by atoms with E-state index in [-0.39, 0.29) is 18.3 Å². The molecule has 3 heterocycles. The van der Waals surface area contributed by atoms with E-state index >= 15 is 0 Å². The van der Waals surface area contributed by atoms with Crippen molar-refractivity contribution in [2.24, 2.45) is 11.8 Å². The van der Waals surface area contributed by atoms with Crippen molar-refractivity contribution in [2.45, 2.75) is 32.6 Å². The zero-order chi connectivity index (χ0) is 17.7. The molecule has 1 aromatic carbocycles. The minimum absolute atomic E-state index is 0. The summed E-state index contributed by atoms with van der Waals surface area (Å²) in [5.74, 6) is 1.38. The number of halogens is 1. The number of hydrogen-bond donors (Lipinski definition) is 1. The molecular weight excluding hydrogens is 360 g/mol. The summed E-state index contributed by atoms with van der Waals surface area (Å²) in [4.78, 5) is 15.3. The standard InChI is InChI=1S/C21H26N4O.ClH/c1-2-14-6-8-17(9-7-14)25-19-5-3-4-18(19)20(23-25)21(26)24-12-15-10-22-11-16(15)13-24;/h6-9,15-16,22H,2-5,10-13H2,1H3;1H/t15-,16+;. The number of amides is 1. The van der Waals surface area contributed by atoms with E-state index in [4.69, 9.17) is 5.10 Å². The molecule has 144 valence electrons. The normalized spacial score (nSPS) is 23.2. The molecule has 0 spiro atoms. The molecule has 5 nitrogen and oxygen atoms in total. The topological polar surface area (TPSA) is 50.2 Å². The number of nitrogens with one attached hydrogen (secondary N) is 1. The lowest BCUT2D eigenvalue weighted by molar-refractivity contribution is 0.0774. The van der Waals surface area contributed by atoms with Crippen LogP contribution in [-0.4, -0.2) is 46.8 Å². The van der Waals surface area contributed by atoms with Crippen LogP contribution in [0.15, 0.2) is 24.3 Å². The van der Waals surface area contributed by atoms with Crippen LogP contribution in [0.2, 0.25) is 0 Å². The van der Waals surface area contributed by atoms with Gasteiger partial charge in [-0.25, -0.2) is 4.68 Å². The molecule has 1 aliphatic carbocycles. The lowest BCUT2D eigenvalue weighted by Gasteiger charge is -2.16. The number of carbonyl (C=O) groups excluding carboxylic acids is 1. The van der Waals surface area contributed by atoms with E-state index in [1.54, 1.807) is 0 Å². The van der Waals surface area contributed by atoms with E-state index < -0.39 is 0 Å². The van der Waals surface area contributed by atoms with Crippen molar-refractivity contribution >= 4 is 18.3 Å². The molecule has 0 bridgehead atoms. The number of hydrogen-bond acceptors (Lipinski definition) is 3. The van der Waals surface area contributed by atoms with Gasteiger partial charge in [0.25, 0.3) is 5.91 Å². The second-order valence-electron chi connectivity index (χ2n) is 7.95. The number of likely N-dealkylation sites (tertiary alicyclic amines) is 1. The van der Waals surface area contributed by atoms with Gasteiger partial charge in [-0.05, 0) is 55.2 Å². The van der Waals surface area contributed by atoms with Crippen LogP contribution >= 0.6 is 12.4 Å². The summed E-state index contributed by atoms with van der Waals surface area (Å²) in [7, 11) is 0. The van der Waals surface area contributed by atoms with Crippen LogP contribution in [0.4, 0.5) is 0 Å². The van der Waals surface area contributed by atoms with E-state index in [0.29, 0.717) is 17.5 Å². The SMILES string of the molecule is CCc1ccc(-n2nc(C(=O)N3C[C@H]4CNC[C@H]4C3)c3c2CCC3)cc1.Cl. The van der Waals surface area contributed by atoms with Crippen LogP contribution in [-0.2, 0) is 19.3 Å². The third-order valence-corrected chi connectivity index (χ3v) is 6.40. The van der Waals surface area contributed by atoms with Crippen molar-refractivity contribution in [2.75, 3.05) is 26.2 Å². The molecule has 3 aliphatic rings. The fourth-order valence-corrected chi connectivity index (χ4v) is 4.87. The Morgan fingerprint density at radius 3 is 2.52 bits per heavy atom. The summed E-state index contributed by atoms with van der Waals surface area (Å²) in [5, 5.41) is 8.25. The van der Waals surface area contributed by atoms with Crippen molar-refractivity contribution in [1.29, 1.82) is 0 Å². The second kappa shape index (κ2) is 7.28. The van der Waals surface area contributed by atoms with Gasteiger partial charge in [0.15, 0.2) is 5.69 Å². The Hall–Kier alpha value is -1.85. The molecule has 2 aromatic rings. The summed E-state index contributed by atoms with van der Waals surface area (Å²) in [6, 6.07) is 8.58. The number of carbonyl (C=O) groups is 1. The first kappa shape index (κ1) is 18.5. The van der Waals surface area contributed by atoms with Gasteiger partial charge >= 0.3 is 0 Å². The van der Waals surface area contributed by atoms with Crippen molar-refractivity contribution < 1.29 is 4.79 Å². The molecule has 0 unspecified atom stereocenters. The van der Waals surface area contributed by atoms with Gasteiger partial charge in [0.1, 0.15) is 0 Å². The molecule has 1 aromatic heterocycles. The maximum absolute atomic E-state index is 13.2. The van der Waals surface area contributed by atoms with Gasteiger partial charge in [-0.1, -0.05) is 19.1 Å². The van der Waals surface area contributed by atoms with Crippen molar-refractivity contribution in [3.05, 3.63) is 46.8 Å². The molecule has 2 fully saturated rings. The van der Waals surface area contributed by atoms with E-state index in [9.17, 15) is 4.79 Å². The molecule has 2 saturated heterocycles. The minimum Gasteiger partial charge on any atom is -0.337 e. The number of aromatic nitrogens is 2. The predicted octanol–water partition coefficient (Wildman–Crippen LogP) is 2.64. The molecule has 1 amide bonds. The second-order valence-corrected chi connectivity index (χ2v) is 7.95. The van der Waals surface area contributed by atoms with Gasteiger partial charge in [-0.15, -0.1) is 12.4 Å². The Kier molecular flexibility index (Phi) is 4.99. The molecule has 0 saturated carbocycles. The third-order valence-electron chi connectivity index (χ3n) is 6.40. The average Bonchev–Trinajstić information content (AvgIpc) is 3.40. The summed E-state index contributed by atoms with van der Waals surface area (Å²) in [6.45, 7) is 6.01. The highest BCUT2D eigenvalue weighted by Crippen LogP contribution is 2.32. The molecule has 27 heavy (non-hydrogen) atoms. The molecule has 1 N–H and O–H groups in total. The van der Waals surface area contributed by atoms with Crippen LogP contribution in [0.5, 0.6) is 0 Å². The lowest BCUT2D eigenvalue weighted by Crippen LogP contribution is -2.32. The number of fused-ring (bicyclic) bond motifs is 2. The first-order chi connectivity index (χ1) is 12.7. The van der Waals surface area contributed by atoms with Gasteiger partial charge in [0.2, 0.25) is 0 Å². The van der Waals surface area contributed by atoms with E-state index in [2.05, 4.69) is 36.5 Å². The third kappa shape index (κ3) is 3.07. The Bertz CT molecular complexity index is 833. The number of aryl methyl sites for hydroxylation is 1. The summed E-state index contributed by atoms with van der Waals surface area (Å²) in [6.07, 6.45) is 4.15. The predicted molar refractivity (Wildman–Crippen MR) is 108 cm³/mol. The average molecular weight is 387 g/mol. The Balaban J connectivity index is 0.00000180.